The number of aliphatic hydroxyl groups excluding tert-OH is 1. The number of unbranched alkanes of at least 4 members (excludes halogenated alkanes) is 1. The van der Waals surface area contributed by atoms with E-state index in [-0.39, 0.29) is 25.0 Å². The molecule has 19 heavy (non-hydrogen) atoms. The second-order valence-corrected chi connectivity index (χ2v) is 4.35. The van der Waals surface area contributed by atoms with Crippen LogP contribution in [0.2, 0.25) is 0 Å². The first-order valence-corrected chi connectivity index (χ1v) is 6.55. The molecule has 106 valence electrons. The Hall–Kier alpha value is -1.62. The van der Waals surface area contributed by atoms with E-state index in [2.05, 4.69) is 5.32 Å². The molecule has 5 heteroatoms. The van der Waals surface area contributed by atoms with Gasteiger partial charge in [0.2, 0.25) is 0 Å². The zero-order valence-corrected chi connectivity index (χ0v) is 11.2. The summed E-state index contributed by atoms with van der Waals surface area (Å²) in [6.45, 7) is 3.20. The molecule has 2 N–H and O–H groups in total. The van der Waals surface area contributed by atoms with Gasteiger partial charge in [0.25, 0.3) is 0 Å². The molecule has 0 atom stereocenters. The number of benzene rings is 1. The lowest BCUT2D eigenvalue weighted by molar-refractivity contribution is 0.176. The van der Waals surface area contributed by atoms with Crippen LogP contribution >= 0.6 is 0 Å². The van der Waals surface area contributed by atoms with Crippen LogP contribution in [0.25, 0.3) is 0 Å². The van der Waals surface area contributed by atoms with E-state index < -0.39 is 0 Å². The van der Waals surface area contributed by atoms with Crippen LogP contribution in [-0.4, -0.2) is 35.7 Å². The maximum absolute atomic E-state index is 13.0. The molecule has 1 rings (SSSR count). The first kappa shape index (κ1) is 15.4. The van der Waals surface area contributed by atoms with Crippen LogP contribution in [0.1, 0.15) is 25.3 Å². The van der Waals surface area contributed by atoms with E-state index in [1.807, 2.05) is 6.92 Å². The fraction of sp³-hybridized carbons (Fsp3) is 0.500. The van der Waals surface area contributed by atoms with Gasteiger partial charge in [-0.15, -0.1) is 0 Å². The Morgan fingerprint density at radius 2 is 2.21 bits per heavy atom. The normalized spacial score (nSPS) is 10.3. The second-order valence-electron chi connectivity index (χ2n) is 4.35. The number of carbonyl (C=O) groups excluding carboxylic acids is 1. The minimum absolute atomic E-state index is 0.0584. The summed E-state index contributed by atoms with van der Waals surface area (Å²) in [5.41, 5.74) is 0.716. The molecule has 1 aromatic rings. The average molecular weight is 268 g/mol. The summed E-state index contributed by atoms with van der Waals surface area (Å²) in [6, 6.07) is 5.89. The Morgan fingerprint density at radius 3 is 2.84 bits per heavy atom. The van der Waals surface area contributed by atoms with Crippen LogP contribution in [0, 0.1) is 5.82 Å². The molecule has 0 radical (unpaired) electrons. The predicted octanol–water partition coefficient (Wildman–Crippen LogP) is 2.13. The van der Waals surface area contributed by atoms with Crippen molar-refractivity contribution in [2.24, 2.45) is 0 Å². The molecule has 0 fully saturated rings. The van der Waals surface area contributed by atoms with Crippen LogP contribution in [-0.2, 0) is 6.54 Å². The summed E-state index contributed by atoms with van der Waals surface area (Å²) in [4.78, 5) is 13.5. The Labute approximate surface area is 113 Å². The van der Waals surface area contributed by atoms with E-state index in [9.17, 15) is 9.18 Å². The Morgan fingerprint density at radius 1 is 1.42 bits per heavy atom. The summed E-state index contributed by atoms with van der Waals surface area (Å²) in [6.07, 6.45) is 1.88. The SMILES string of the molecule is CCCCN(CCO)C(=O)NCc1cccc(F)c1. The van der Waals surface area contributed by atoms with E-state index >= 15 is 0 Å². The minimum Gasteiger partial charge on any atom is -0.395 e. The van der Waals surface area contributed by atoms with Gasteiger partial charge in [-0.3, -0.25) is 0 Å². The van der Waals surface area contributed by atoms with Crippen molar-refractivity contribution in [3.63, 3.8) is 0 Å². The maximum atomic E-state index is 13.0. The summed E-state index contributed by atoms with van der Waals surface area (Å²) in [7, 11) is 0. The smallest absolute Gasteiger partial charge is 0.317 e. The van der Waals surface area contributed by atoms with Crippen LogP contribution in [0.5, 0.6) is 0 Å². The molecule has 0 heterocycles. The van der Waals surface area contributed by atoms with Crippen LogP contribution in [0.15, 0.2) is 24.3 Å². The summed E-state index contributed by atoms with van der Waals surface area (Å²) in [5, 5.41) is 11.7. The van der Waals surface area contributed by atoms with Gasteiger partial charge in [-0.25, -0.2) is 9.18 Å². The summed E-state index contributed by atoms with van der Waals surface area (Å²) >= 11 is 0. The molecule has 2 amide bonds. The van der Waals surface area contributed by atoms with Crippen molar-refractivity contribution in [3.8, 4) is 0 Å². The van der Waals surface area contributed by atoms with Crippen molar-refractivity contribution in [2.45, 2.75) is 26.3 Å². The average Bonchev–Trinajstić information content (AvgIpc) is 2.41. The van der Waals surface area contributed by atoms with Gasteiger partial charge in [-0.2, -0.15) is 0 Å². The Kier molecular flexibility index (Phi) is 6.89. The molecular formula is C14H21FN2O2. The van der Waals surface area contributed by atoms with Crippen LogP contribution < -0.4 is 5.32 Å². The van der Waals surface area contributed by atoms with Gasteiger partial charge in [0.15, 0.2) is 0 Å². The van der Waals surface area contributed by atoms with Crippen molar-refractivity contribution in [3.05, 3.63) is 35.6 Å². The number of amides is 2. The first-order valence-electron chi connectivity index (χ1n) is 6.55. The second kappa shape index (κ2) is 8.48. The third-order valence-corrected chi connectivity index (χ3v) is 2.77. The van der Waals surface area contributed by atoms with Gasteiger partial charge < -0.3 is 15.3 Å². The minimum atomic E-state index is -0.315. The lowest BCUT2D eigenvalue weighted by Gasteiger charge is -2.22. The number of hydrogen-bond acceptors (Lipinski definition) is 2. The summed E-state index contributed by atoms with van der Waals surface area (Å²) < 4.78 is 13.0. The Balaban J connectivity index is 2.47. The summed E-state index contributed by atoms with van der Waals surface area (Å²) in [5.74, 6) is -0.315. The topological polar surface area (TPSA) is 52.6 Å². The van der Waals surface area contributed by atoms with E-state index in [1.165, 1.54) is 12.1 Å². The lowest BCUT2D eigenvalue weighted by Crippen LogP contribution is -2.41. The molecule has 0 aliphatic heterocycles. The third-order valence-electron chi connectivity index (χ3n) is 2.77. The third kappa shape index (κ3) is 5.70. The molecule has 0 aromatic heterocycles. The quantitative estimate of drug-likeness (QED) is 0.796. The van der Waals surface area contributed by atoms with Crippen LogP contribution in [0.4, 0.5) is 9.18 Å². The fourth-order valence-electron chi connectivity index (χ4n) is 1.72. The van der Waals surface area contributed by atoms with Crippen molar-refractivity contribution in [1.82, 2.24) is 10.2 Å². The zero-order valence-electron chi connectivity index (χ0n) is 11.2. The van der Waals surface area contributed by atoms with E-state index in [4.69, 9.17) is 5.11 Å². The molecule has 1 aromatic carbocycles. The van der Waals surface area contributed by atoms with Gasteiger partial charge in [0.05, 0.1) is 6.61 Å². The molecule has 0 bridgehead atoms. The highest BCUT2D eigenvalue weighted by Gasteiger charge is 2.11. The van der Waals surface area contributed by atoms with Crippen molar-refractivity contribution in [1.29, 1.82) is 0 Å². The zero-order chi connectivity index (χ0) is 14.1. The highest BCUT2D eigenvalue weighted by atomic mass is 19.1. The van der Waals surface area contributed by atoms with Gasteiger partial charge in [0, 0.05) is 19.6 Å². The predicted molar refractivity (Wildman–Crippen MR) is 72.2 cm³/mol. The van der Waals surface area contributed by atoms with Gasteiger partial charge >= 0.3 is 6.03 Å². The number of urea groups is 1. The van der Waals surface area contributed by atoms with Crippen LogP contribution in [0.3, 0.4) is 0 Å². The van der Waals surface area contributed by atoms with Crippen molar-refractivity contribution < 1.29 is 14.3 Å². The molecule has 0 unspecified atom stereocenters. The number of carbonyl (C=O) groups is 1. The van der Waals surface area contributed by atoms with Crippen molar-refractivity contribution in [2.75, 3.05) is 19.7 Å². The number of hydrogen-bond donors (Lipinski definition) is 2. The van der Waals surface area contributed by atoms with Gasteiger partial charge in [0.1, 0.15) is 5.82 Å². The number of rotatable bonds is 7. The van der Waals surface area contributed by atoms with E-state index in [1.54, 1.807) is 17.0 Å². The largest absolute Gasteiger partial charge is 0.395 e. The molecule has 0 spiro atoms. The van der Waals surface area contributed by atoms with Crippen molar-refractivity contribution >= 4 is 6.03 Å². The molecule has 0 saturated carbocycles. The fourth-order valence-corrected chi connectivity index (χ4v) is 1.72. The Bertz CT molecular complexity index is 399. The number of nitrogens with one attached hydrogen (secondary N) is 1. The first-order chi connectivity index (χ1) is 9.17. The molecule has 4 nitrogen and oxygen atoms in total. The maximum Gasteiger partial charge on any atom is 0.317 e. The lowest BCUT2D eigenvalue weighted by atomic mass is 10.2. The number of aliphatic hydroxyl groups is 1. The van der Waals surface area contributed by atoms with E-state index in [0.29, 0.717) is 18.7 Å². The molecule has 0 saturated heterocycles. The highest BCUT2D eigenvalue weighted by molar-refractivity contribution is 5.74. The highest BCUT2D eigenvalue weighted by Crippen LogP contribution is 2.03. The standard InChI is InChI=1S/C14H21FN2O2/c1-2-3-7-17(8-9-18)14(19)16-11-12-5-4-6-13(15)10-12/h4-6,10,18H,2-3,7-9,11H2,1H3,(H,16,19). The number of halogens is 1. The molecule has 0 aliphatic rings. The van der Waals surface area contributed by atoms with E-state index in [0.717, 1.165) is 12.8 Å². The molecule has 0 aliphatic carbocycles. The monoisotopic (exact) mass is 268 g/mol. The van der Waals surface area contributed by atoms with Gasteiger partial charge in [-0.05, 0) is 24.1 Å². The molecular weight excluding hydrogens is 247 g/mol. The van der Waals surface area contributed by atoms with Gasteiger partial charge in [-0.1, -0.05) is 25.5 Å². The number of nitrogens with zero attached hydrogens (tertiary/aromatic N) is 1.